The summed E-state index contributed by atoms with van der Waals surface area (Å²) in [6.45, 7) is 1.37. The SMILES string of the molecule is O=C(NC1CC1)c1ccc(N2CCCC(c3ncc(-c4ccccc4)[nH]3)C2)c([N+](=O)[O-])c1. The van der Waals surface area contributed by atoms with Crippen LogP contribution in [0.5, 0.6) is 0 Å². The van der Waals surface area contributed by atoms with E-state index in [1.165, 1.54) is 6.07 Å². The van der Waals surface area contributed by atoms with E-state index < -0.39 is 4.92 Å². The molecule has 1 aromatic heterocycles. The first kappa shape index (κ1) is 20.2. The fourth-order valence-electron chi connectivity index (χ4n) is 4.30. The molecule has 0 radical (unpaired) electrons. The van der Waals surface area contributed by atoms with Gasteiger partial charge in [0.05, 0.1) is 16.8 Å². The Labute approximate surface area is 185 Å². The Morgan fingerprint density at radius 2 is 1.97 bits per heavy atom. The molecular formula is C24H25N5O3. The van der Waals surface area contributed by atoms with Crippen LogP contribution in [0.2, 0.25) is 0 Å². The number of amides is 1. The molecule has 2 N–H and O–H groups in total. The van der Waals surface area contributed by atoms with Crippen molar-refractivity contribution in [2.75, 3.05) is 18.0 Å². The van der Waals surface area contributed by atoms with Crippen molar-refractivity contribution in [3.05, 3.63) is 76.2 Å². The third-order valence-corrected chi connectivity index (χ3v) is 6.18. The minimum Gasteiger partial charge on any atom is -0.365 e. The molecule has 2 aromatic carbocycles. The number of H-pyrrole nitrogens is 1. The van der Waals surface area contributed by atoms with Gasteiger partial charge in [0.25, 0.3) is 11.6 Å². The van der Waals surface area contributed by atoms with Crippen molar-refractivity contribution in [2.24, 2.45) is 0 Å². The molecule has 0 bridgehead atoms. The summed E-state index contributed by atoms with van der Waals surface area (Å²) in [7, 11) is 0. The van der Waals surface area contributed by atoms with Crippen molar-refractivity contribution in [3.8, 4) is 11.3 Å². The lowest BCUT2D eigenvalue weighted by Crippen LogP contribution is -2.35. The lowest BCUT2D eigenvalue weighted by atomic mass is 9.96. The minimum absolute atomic E-state index is 0.0292. The van der Waals surface area contributed by atoms with Gasteiger partial charge < -0.3 is 15.2 Å². The third-order valence-electron chi connectivity index (χ3n) is 6.18. The Kier molecular flexibility index (Phi) is 5.34. The summed E-state index contributed by atoms with van der Waals surface area (Å²) >= 11 is 0. The number of aromatic nitrogens is 2. The molecule has 1 saturated heterocycles. The van der Waals surface area contributed by atoms with Crippen molar-refractivity contribution in [1.29, 1.82) is 0 Å². The predicted octanol–water partition coefficient (Wildman–Crippen LogP) is 4.26. The summed E-state index contributed by atoms with van der Waals surface area (Å²) in [4.78, 5) is 33.8. The van der Waals surface area contributed by atoms with Gasteiger partial charge >= 0.3 is 0 Å². The molecule has 164 valence electrons. The minimum atomic E-state index is -0.396. The van der Waals surface area contributed by atoms with Gasteiger partial charge in [-0.3, -0.25) is 14.9 Å². The predicted molar refractivity (Wildman–Crippen MR) is 122 cm³/mol. The summed E-state index contributed by atoms with van der Waals surface area (Å²) in [5.41, 5.74) is 2.90. The quantitative estimate of drug-likeness (QED) is 0.448. The molecule has 1 saturated carbocycles. The van der Waals surface area contributed by atoms with Gasteiger partial charge in [-0.1, -0.05) is 30.3 Å². The number of piperidine rings is 1. The first-order valence-electron chi connectivity index (χ1n) is 11.0. The van der Waals surface area contributed by atoms with Crippen LogP contribution in [-0.4, -0.2) is 39.9 Å². The molecule has 0 spiro atoms. The lowest BCUT2D eigenvalue weighted by Gasteiger charge is -2.33. The van der Waals surface area contributed by atoms with Crippen LogP contribution in [0.25, 0.3) is 11.3 Å². The highest BCUT2D eigenvalue weighted by Crippen LogP contribution is 2.35. The molecule has 5 rings (SSSR count). The molecule has 1 amide bonds. The Morgan fingerprint density at radius 1 is 1.16 bits per heavy atom. The van der Waals surface area contributed by atoms with Crippen LogP contribution in [0.3, 0.4) is 0 Å². The fourth-order valence-corrected chi connectivity index (χ4v) is 4.30. The number of anilines is 1. The number of aromatic amines is 1. The highest BCUT2D eigenvalue weighted by molar-refractivity contribution is 5.96. The van der Waals surface area contributed by atoms with Gasteiger partial charge in [0.1, 0.15) is 11.5 Å². The Bertz CT molecular complexity index is 1140. The first-order chi connectivity index (χ1) is 15.6. The van der Waals surface area contributed by atoms with Crippen molar-refractivity contribution in [2.45, 2.75) is 37.6 Å². The standard InChI is InChI=1S/C24H25N5O3/c30-24(26-19-9-10-19)17-8-11-21(22(13-17)29(31)32)28-12-4-7-18(15-28)23-25-14-20(27-23)16-5-2-1-3-6-16/h1-3,5-6,8,11,13-14,18-19H,4,7,9-10,12,15H2,(H,25,27)(H,26,30). The number of hydrogen-bond acceptors (Lipinski definition) is 5. The summed E-state index contributed by atoms with van der Waals surface area (Å²) in [6.07, 6.45) is 5.67. The summed E-state index contributed by atoms with van der Waals surface area (Å²) < 4.78 is 0. The van der Waals surface area contributed by atoms with Crippen LogP contribution >= 0.6 is 0 Å². The van der Waals surface area contributed by atoms with Crippen LogP contribution in [0.4, 0.5) is 11.4 Å². The number of carbonyl (C=O) groups is 1. The van der Waals surface area contributed by atoms with Gasteiger partial charge in [-0.2, -0.15) is 0 Å². The number of nitrogens with one attached hydrogen (secondary N) is 2. The molecule has 1 atom stereocenters. The van der Waals surface area contributed by atoms with Crippen LogP contribution in [0.1, 0.15) is 47.8 Å². The molecule has 3 aromatic rings. The molecule has 2 heterocycles. The van der Waals surface area contributed by atoms with E-state index in [1.54, 1.807) is 12.1 Å². The van der Waals surface area contributed by atoms with Gasteiger partial charge in [-0.15, -0.1) is 0 Å². The van der Waals surface area contributed by atoms with Crippen molar-refractivity contribution < 1.29 is 9.72 Å². The maximum Gasteiger partial charge on any atom is 0.293 e. The second-order valence-electron chi connectivity index (χ2n) is 8.54. The van der Waals surface area contributed by atoms with E-state index in [9.17, 15) is 14.9 Å². The van der Waals surface area contributed by atoms with Crippen LogP contribution in [0.15, 0.2) is 54.7 Å². The van der Waals surface area contributed by atoms with Crippen molar-refractivity contribution in [3.63, 3.8) is 0 Å². The van der Waals surface area contributed by atoms with Crippen LogP contribution in [-0.2, 0) is 0 Å². The van der Waals surface area contributed by atoms with E-state index in [1.807, 2.05) is 41.4 Å². The monoisotopic (exact) mass is 431 g/mol. The molecule has 2 fully saturated rings. The average Bonchev–Trinajstić information content (AvgIpc) is 3.50. The zero-order chi connectivity index (χ0) is 22.1. The summed E-state index contributed by atoms with van der Waals surface area (Å²) in [5.74, 6) is 0.804. The Balaban J connectivity index is 1.36. The largest absolute Gasteiger partial charge is 0.365 e. The number of carbonyl (C=O) groups excluding carboxylic acids is 1. The van der Waals surface area contributed by atoms with Crippen molar-refractivity contribution >= 4 is 17.3 Å². The topological polar surface area (TPSA) is 104 Å². The maximum absolute atomic E-state index is 12.4. The van der Waals surface area contributed by atoms with Gasteiger partial charge in [0.2, 0.25) is 0 Å². The zero-order valence-electron chi connectivity index (χ0n) is 17.7. The smallest absolute Gasteiger partial charge is 0.293 e. The second kappa shape index (κ2) is 8.45. The van der Waals surface area contributed by atoms with E-state index in [-0.39, 0.29) is 23.6 Å². The van der Waals surface area contributed by atoms with E-state index in [4.69, 9.17) is 0 Å². The molecule has 32 heavy (non-hydrogen) atoms. The molecular weight excluding hydrogens is 406 g/mol. The highest BCUT2D eigenvalue weighted by atomic mass is 16.6. The number of nitrogens with zero attached hydrogens (tertiary/aromatic N) is 3. The number of nitro groups is 1. The Hall–Kier alpha value is -3.68. The normalized spacial score (nSPS) is 18.4. The van der Waals surface area contributed by atoms with E-state index in [2.05, 4.69) is 15.3 Å². The Morgan fingerprint density at radius 3 is 2.72 bits per heavy atom. The fraction of sp³-hybridized carbons (Fsp3) is 0.333. The van der Waals surface area contributed by atoms with E-state index in [0.717, 1.165) is 49.3 Å². The highest BCUT2D eigenvalue weighted by Gasteiger charge is 2.30. The summed E-state index contributed by atoms with van der Waals surface area (Å²) in [5, 5.41) is 14.7. The molecule has 1 unspecified atom stereocenters. The van der Waals surface area contributed by atoms with Gasteiger partial charge in [0.15, 0.2) is 0 Å². The van der Waals surface area contributed by atoms with Gasteiger partial charge in [-0.05, 0) is 43.4 Å². The lowest BCUT2D eigenvalue weighted by molar-refractivity contribution is -0.384. The van der Waals surface area contributed by atoms with Gasteiger partial charge in [-0.25, -0.2) is 4.98 Å². The molecule has 1 aliphatic heterocycles. The number of rotatable bonds is 6. The molecule has 2 aliphatic rings. The van der Waals surface area contributed by atoms with Crippen LogP contribution < -0.4 is 10.2 Å². The molecule has 8 heteroatoms. The second-order valence-corrected chi connectivity index (χ2v) is 8.54. The van der Waals surface area contributed by atoms with E-state index >= 15 is 0 Å². The molecule has 1 aliphatic carbocycles. The summed E-state index contributed by atoms with van der Waals surface area (Å²) in [6, 6.07) is 15.0. The third kappa shape index (κ3) is 4.21. The number of hydrogen-bond donors (Lipinski definition) is 2. The average molecular weight is 431 g/mol. The zero-order valence-corrected chi connectivity index (χ0v) is 17.7. The van der Waals surface area contributed by atoms with Crippen LogP contribution in [0, 0.1) is 10.1 Å². The number of nitro benzene ring substituents is 1. The van der Waals surface area contributed by atoms with E-state index in [0.29, 0.717) is 17.8 Å². The van der Waals surface area contributed by atoms with Crippen molar-refractivity contribution in [1.82, 2.24) is 15.3 Å². The number of benzene rings is 2. The van der Waals surface area contributed by atoms with Gasteiger partial charge in [0, 0.05) is 36.7 Å². The number of imidazole rings is 1. The first-order valence-corrected chi connectivity index (χ1v) is 11.0. The maximum atomic E-state index is 12.4. The molecule has 8 nitrogen and oxygen atoms in total.